The number of nitrogens with one attached hydrogen (secondary N) is 2. The van der Waals surface area contributed by atoms with Crippen molar-refractivity contribution < 1.29 is 4.79 Å². The number of anilines is 1. The number of nitriles is 1. The Labute approximate surface area is 138 Å². The topological polar surface area (TPSA) is 98.6 Å². The Morgan fingerprint density at radius 3 is 2.57 bits per heavy atom. The molecule has 1 heterocycles. The monoisotopic (exact) mass is 328 g/mol. The lowest BCUT2D eigenvalue weighted by Crippen LogP contribution is -2.16. The standard InChI is InChI=1S/C16H16N4O2S/c1-8-5-11(13(6-9(8)2)18-10(3)21)14-12(7-17)15(22)20-16(19-14)23-4/h5-6H,1-4H3,(H,18,21)(H,19,20,22). The van der Waals surface area contributed by atoms with E-state index in [0.717, 1.165) is 11.1 Å². The smallest absolute Gasteiger partial charge is 0.270 e. The van der Waals surface area contributed by atoms with Gasteiger partial charge in [0.2, 0.25) is 5.91 Å². The molecule has 7 heteroatoms. The SMILES string of the molecule is CSc1nc(-c2cc(C)c(C)cc2NC(C)=O)c(C#N)c(=O)[nH]1. The number of thioether (sulfide) groups is 1. The summed E-state index contributed by atoms with van der Waals surface area (Å²) in [6.07, 6.45) is 1.78. The van der Waals surface area contributed by atoms with E-state index in [1.165, 1.54) is 18.7 Å². The third-order valence-corrected chi connectivity index (χ3v) is 3.98. The fourth-order valence-corrected chi connectivity index (χ4v) is 2.53. The number of aromatic amines is 1. The van der Waals surface area contributed by atoms with Crippen LogP contribution in [0.2, 0.25) is 0 Å². The van der Waals surface area contributed by atoms with Crippen molar-refractivity contribution in [2.45, 2.75) is 25.9 Å². The molecule has 2 N–H and O–H groups in total. The zero-order valence-electron chi connectivity index (χ0n) is 13.3. The molecule has 0 fully saturated rings. The Morgan fingerprint density at radius 2 is 2.00 bits per heavy atom. The van der Waals surface area contributed by atoms with Crippen molar-refractivity contribution in [3.05, 3.63) is 39.2 Å². The number of amides is 1. The second-order valence-electron chi connectivity index (χ2n) is 5.07. The van der Waals surface area contributed by atoms with Crippen LogP contribution in [0.5, 0.6) is 0 Å². The number of aromatic nitrogens is 2. The van der Waals surface area contributed by atoms with Crippen molar-refractivity contribution in [2.24, 2.45) is 0 Å². The molecule has 6 nitrogen and oxygen atoms in total. The maximum absolute atomic E-state index is 12.1. The van der Waals surface area contributed by atoms with Crippen LogP contribution in [-0.2, 0) is 4.79 Å². The molecule has 0 radical (unpaired) electrons. The molecule has 0 saturated heterocycles. The molecule has 118 valence electrons. The molecule has 23 heavy (non-hydrogen) atoms. The Hall–Kier alpha value is -2.59. The van der Waals surface area contributed by atoms with Gasteiger partial charge in [-0.15, -0.1) is 0 Å². The number of carbonyl (C=O) groups excluding carboxylic acids is 1. The van der Waals surface area contributed by atoms with Crippen molar-refractivity contribution in [1.82, 2.24) is 9.97 Å². The van der Waals surface area contributed by atoms with E-state index in [9.17, 15) is 14.9 Å². The van der Waals surface area contributed by atoms with Crippen LogP contribution in [0.15, 0.2) is 22.1 Å². The number of benzene rings is 1. The van der Waals surface area contributed by atoms with Crippen LogP contribution in [0.3, 0.4) is 0 Å². The van der Waals surface area contributed by atoms with Gasteiger partial charge in [-0.25, -0.2) is 4.98 Å². The average Bonchev–Trinajstić information content (AvgIpc) is 2.49. The lowest BCUT2D eigenvalue weighted by Gasteiger charge is -2.14. The molecule has 1 amide bonds. The second-order valence-corrected chi connectivity index (χ2v) is 5.87. The Morgan fingerprint density at radius 1 is 1.35 bits per heavy atom. The summed E-state index contributed by atoms with van der Waals surface area (Å²) in [6.45, 7) is 5.25. The highest BCUT2D eigenvalue weighted by Gasteiger charge is 2.18. The van der Waals surface area contributed by atoms with Gasteiger partial charge in [-0.05, 0) is 43.4 Å². The molecule has 1 aromatic heterocycles. The maximum atomic E-state index is 12.1. The quantitative estimate of drug-likeness (QED) is 0.666. The van der Waals surface area contributed by atoms with Gasteiger partial charge < -0.3 is 10.3 Å². The van der Waals surface area contributed by atoms with Crippen molar-refractivity contribution in [1.29, 1.82) is 5.26 Å². The van der Waals surface area contributed by atoms with E-state index in [4.69, 9.17) is 0 Å². The molecule has 0 atom stereocenters. The number of H-pyrrole nitrogens is 1. The van der Waals surface area contributed by atoms with Crippen LogP contribution in [-0.4, -0.2) is 22.1 Å². The highest BCUT2D eigenvalue weighted by atomic mass is 32.2. The van der Waals surface area contributed by atoms with Gasteiger partial charge in [0, 0.05) is 12.5 Å². The van der Waals surface area contributed by atoms with Gasteiger partial charge >= 0.3 is 0 Å². The summed E-state index contributed by atoms with van der Waals surface area (Å²) >= 11 is 1.27. The molecule has 1 aromatic carbocycles. The van der Waals surface area contributed by atoms with E-state index in [1.54, 1.807) is 6.26 Å². The van der Waals surface area contributed by atoms with Gasteiger partial charge in [0.25, 0.3) is 5.56 Å². The van der Waals surface area contributed by atoms with Gasteiger partial charge in [-0.2, -0.15) is 5.26 Å². The number of aryl methyl sites for hydroxylation is 2. The first-order valence-electron chi connectivity index (χ1n) is 6.85. The lowest BCUT2D eigenvalue weighted by atomic mass is 9.99. The third kappa shape index (κ3) is 3.43. The van der Waals surface area contributed by atoms with Gasteiger partial charge in [0.05, 0.1) is 11.4 Å². The van der Waals surface area contributed by atoms with Crippen LogP contribution < -0.4 is 10.9 Å². The highest BCUT2D eigenvalue weighted by Crippen LogP contribution is 2.31. The fraction of sp³-hybridized carbons (Fsp3) is 0.250. The molecule has 0 spiro atoms. The minimum absolute atomic E-state index is 0.0716. The molecule has 0 bridgehead atoms. The highest BCUT2D eigenvalue weighted by molar-refractivity contribution is 7.98. The van der Waals surface area contributed by atoms with Gasteiger partial charge in [-0.1, -0.05) is 11.8 Å². The Bertz CT molecular complexity index is 881. The molecule has 0 aliphatic carbocycles. The van der Waals surface area contributed by atoms with E-state index in [0.29, 0.717) is 16.4 Å². The largest absolute Gasteiger partial charge is 0.326 e. The van der Waals surface area contributed by atoms with Gasteiger partial charge in [-0.3, -0.25) is 9.59 Å². The van der Waals surface area contributed by atoms with E-state index in [1.807, 2.05) is 32.0 Å². The first kappa shape index (κ1) is 16.8. The van der Waals surface area contributed by atoms with Crippen LogP contribution in [0.1, 0.15) is 23.6 Å². The number of hydrogen-bond acceptors (Lipinski definition) is 5. The molecule has 2 rings (SSSR count). The Balaban J connectivity index is 2.83. The molecule has 0 unspecified atom stereocenters. The van der Waals surface area contributed by atoms with Crippen LogP contribution in [0.25, 0.3) is 11.3 Å². The zero-order chi connectivity index (χ0) is 17.1. The summed E-state index contributed by atoms with van der Waals surface area (Å²) < 4.78 is 0. The van der Waals surface area contributed by atoms with Crippen molar-refractivity contribution in [2.75, 3.05) is 11.6 Å². The third-order valence-electron chi connectivity index (χ3n) is 3.40. The van der Waals surface area contributed by atoms with E-state index in [2.05, 4.69) is 15.3 Å². The summed E-state index contributed by atoms with van der Waals surface area (Å²) in [4.78, 5) is 30.5. The summed E-state index contributed by atoms with van der Waals surface area (Å²) in [5.74, 6) is -0.233. The molecular weight excluding hydrogens is 312 g/mol. The van der Waals surface area contributed by atoms with Crippen molar-refractivity contribution in [3.63, 3.8) is 0 Å². The normalized spacial score (nSPS) is 10.2. The molecule has 2 aromatic rings. The fourth-order valence-electron chi connectivity index (χ4n) is 2.15. The first-order valence-corrected chi connectivity index (χ1v) is 8.07. The average molecular weight is 328 g/mol. The number of rotatable bonds is 3. The molecular formula is C16H16N4O2S. The van der Waals surface area contributed by atoms with E-state index < -0.39 is 5.56 Å². The minimum atomic E-state index is -0.492. The predicted octanol–water partition coefficient (Wildman–Crippen LogP) is 2.61. The zero-order valence-corrected chi connectivity index (χ0v) is 14.1. The van der Waals surface area contributed by atoms with Crippen LogP contribution >= 0.6 is 11.8 Å². The van der Waals surface area contributed by atoms with Crippen molar-refractivity contribution >= 4 is 23.4 Å². The molecule has 0 aliphatic rings. The van der Waals surface area contributed by atoms with E-state index in [-0.39, 0.29) is 17.2 Å². The van der Waals surface area contributed by atoms with Gasteiger partial charge in [0.15, 0.2) is 5.16 Å². The van der Waals surface area contributed by atoms with Crippen LogP contribution in [0, 0.1) is 25.2 Å². The first-order chi connectivity index (χ1) is 10.9. The lowest BCUT2D eigenvalue weighted by molar-refractivity contribution is -0.114. The number of nitrogens with zero attached hydrogens (tertiary/aromatic N) is 2. The summed E-state index contributed by atoms with van der Waals surface area (Å²) in [7, 11) is 0. The summed E-state index contributed by atoms with van der Waals surface area (Å²) in [5, 5.41) is 12.5. The Kier molecular flexibility index (Phi) is 4.86. The predicted molar refractivity (Wildman–Crippen MR) is 90.6 cm³/mol. The minimum Gasteiger partial charge on any atom is -0.326 e. The summed E-state index contributed by atoms with van der Waals surface area (Å²) in [5.41, 5.74) is 2.76. The number of carbonyl (C=O) groups is 1. The van der Waals surface area contributed by atoms with Crippen LogP contribution in [0.4, 0.5) is 5.69 Å². The van der Waals surface area contributed by atoms with E-state index >= 15 is 0 Å². The number of hydrogen-bond donors (Lipinski definition) is 2. The second kappa shape index (κ2) is 6.67. The maximum Gasteiger partial charge on any atom is 0.270 e. The summed E-state index contributed by atoms with van der Waals surface area (Å²) in [6, 6.07) is 5.54. The molecule has 0 aliphatic heterocycles. The van der Waals surface area contributed by atoms with Crippen molar-refractivity contribution in [3.8, 4) is 17.3 Å². The molecule has 0 saturated carbocycles. The van der Waals surface area contributed by atoms with Gasteiger partial charge in [0.1, 0.15) is 11.6 Å².